The Bertz CT molecular complexity index is 1030. The van der Waals surface area contributed by atoms with Gasteiger partial charge in [0.05, 0.1) is 18.5 Å². The van der Waals surface area contributed by atoms with Crippen molar-refractivity contribution in [1.82, 2.24) is 19.5 Å². The van der Waals surface area contributed by atoms with Crippen LogP contribution in [0.1, 0.15) is 49.8 Å². The molecule has 6 nitrogen and oxygen atoms in total. The number of rotatable bonds is 3. The molecule has 6 heteroatoms. The number of carbonyl (C=O) groups is 1. The number of methoxy groups -OCH3 is 1. The van der Waals surface area contributed by atoms with Crippen molar-refractivity contribution in [1.29, 1.82) is 0 Å². The van der Waals surface area contributed by atoms with Crippen molar-refractivity contribution in [3.8, 4) is 17.0 Å². The first-order valence-electron chi connectivity index (χ1n) is 9.72. The molecule has 4 rings (SSSR count). The van der Waals surface area contributed by atoms with Gasteiger partial charge in [0.25, 0.3) is 5.91 Å². The second-order valence-electron chi connectivity index (χ2n) is 8.31. The Kier molecular flexibility index (Phi) is 4.57. The number of ether oxygens (including phenoxy) is 1. The molecule has 0 spiro atoms. The monoisotopic (exact) mass is 378 g/mol. The molecule has 2 aromatic heterocycles. The number of fused-ring (bicyclic) bond motifs is 1. The second kappa shape index (κ2) is 6.93. The van der Waals surface area contributed by atoms with Crippen molar-refractivity contribution >= 4 is 11.6 Å². The average molecular weight is 378 g/mol. The van der Waals surface area contributed by atoms with Gasteiger partial charge in [-0.1, -0.05) is 32.9 Å². The molecule has 1 fully saturated rings. The van der Waals surface area contributed by atoms with E-state index in [9.17, 15) is 4.79 Å². The molecule has 0 bridgehead atoms. The van der Waals surface area contributed by atoms with E-state index in [1.807, 2.05) is 41.3 Å². The number of likely N-dealkylation sites (tertiary alicyclic amines) is 1. The lowest BCUT2D eigenvalue weighted by molar-refractivity contribution is 0.0784. The van der Waals surface area contributed by atoms with Gasteiger partial charge in [-0.2, -0.15) is 5.10 Å². The summed E-state index contributed by atoms with van der Waals surface area (Å²) in [4.78, 5) is 19.9. The normalized spacial score (nSPS) is 14.6. The smallest absolute Gasteiger partial charge is 0.272 e. The lowest BCUT2D eigenvalue weighted by atomic mass is 9.93. The topological polar surface area (TPSA) is 59.7 Å². The standard InChI is InChI=1S/C22H26N4O2/c1-22(2,3)19-14-20-23-17(15-8-7-9-16(12-15)28-4)13-18(26(20)24-19)21(27)25-10-5-6-11-25/h7-9,12-14H,5-6,10-11H2,1-4H3. The van der Waals surface area contributed by atoms with Crippen LogP contribution in [0.4, 0.5) is 0 Å². The Morgan fingerprint density at radius 2 is 1.86 bits per heavy atom. The maximum Gasteiger partial charge on any atom is 0.272 e. The number of hydrogen-bond acceptors (Lipinski definition) is 4. The van der Waals surface area contributed by atoms with Crippen molar-refractivity contribution in [3.05, 3.63) is 47.8 Å². The van der Waals surface area contributed by atoms with Crippen molar-refractivity contribution in [2.24, 2.45) is 0 Å². The van der Waals surface area contributed by atoms with Crippen molar-refractivity contribution < 1.29 is 9.53 Å². The zero-order valence-corrected chi connectivity index (χ0v) is 16.9. The summed E-state index contributed by atoms with van der Waals surface area (Å²) in [6, 6.07) is 11.6. The highest BCUT2D eigenvalue weighted by Gasteiger charge is 2.26. The van der Waals surface area contributed by atoms with E-state index < -0.39 is 0 Å². The Morgan fingerprint density at radius 3 is 2.54 bits per heavy atom. The highest BCUT2D eigenvalue weighted by Crippen LogP contribution is 2.27. The summed E-state index contributed by atoms with van der Waals surface area (Å²) < 4.78 is 7.05. The van der Waals surface area contributed by atoms with Crippen LogP contribution in [-0.4, -0.2) is 45.6 Å². The first-order chi connectivity index (χ1) is 13.4. The van der Waals surface area contributed by atoms with Crippen LogP contribution in [0, 0.1) is 0 Å². The van der Waals surface area contributed by atoms with Crippen LogP contribution < -0.4 is 4.74 Å². The lowest BCUT2D eigenvalue weighted by Gasteiger charge is -2.17. The van der Waals surface area contributed by atoms with Gasteiger partial charge in [0, 0.05) is 30.1 Å². The minimum atomic E-state index is -0.127. The fraction of sp³-hybridized carbons (Fsp3) is 0.409. The molecule has 3 aromatic rings. The highest BCUT2D eigenvalue weighted by atomic mass is 16.5. The van der Waals surface area contributed by atoms with E-state index in [0.717, 1.165) is 48.6 Å². The van der Waals surface area contributed by atoms with Crippen LogP contribution >= 0.6 is 0 Å². The Morgan fingerprint density at radius 1 is 1.11 bits per heavy atom. The quantitative estimate of drug-likeness (QED) is 0.693. The summed E-state index contributed by atoms with van der Waals surface area (Å²) in [6.45, 7) is 7.92. The Labute approximate surface area is 165 Å². The molecule has 0 N–H and O–H groups in total. The molecule has 1 amide bonds. The van der Waals surface area contributed by atoms with Crippen LogP contribution in [-0.2, 0) is 5.41 Å². The summed E-state index contributed by atoms with van der Waals surface area (Å²) >= 11 is 0. The third-order valence-corrected chi connectivity index (χ3v) is 5.17. The molecule has 1 aliphatic heterocycles. The van der Waals surface area contributed by atoms with Gasteiger partial charge >= 0.3 is 0 Å². The summed E-state index contributed by atoms with van der Waals surface area (Å²) in [5.41, 5.74) is 3.69. The molecule has 0 saturated carbocycles. The largest absolute Gasteiger partial charge is 0.497 e. The van der Waals surface area contributed by atoms with Gasteiger partial charge in [0.15, 0.2) is 5.65 Å². The Hall–Kier alpha value is -2.89. The number of hydrogen-bond donors (Lipinski definition) is 0. The molecule has 146 valence electrons. The zero-order chi connectivity index (χ0) is 19.9. The number of amides is 1. The maximum atomic E-state index is 13.2. The molecule has 1 aliphatic rings. The van der Waals surface area contributed by atoms with Gasteiger partial charge in [0.2, 0.25) is 0 Å². The van der Waals surface area contributed by atoms with E-state index in [0.29, 0.717) is 11.3 Å². The average Bonchev–Trinajstić information content (AvgIpc) is 3.36. The molecule has 3 heterocycles. The molecule has 0 radical (unpaired) electrons. The van der Waals surface area contributed by atoms with Crippen LogP contribution in [0.5, 0.6) is 5.75 Å². The molecule has 1 saturated heterocycles. The van der Waals surface area contributed by atoms with Gasteiger partial charge in [-0.05, 0) is 31.0 Å². The molecular weight excluding hydrogens is 352 g/mol. The van der Waals surface area contributed by atoms with Gasteiger partial charge < -0.3 is 9.64 Å². The molecule has 28 heavy (non-hydrogen) atoms. The molecule has 0 aliphatic carbocycles. The fourth-order valence-corrected chi connectivity index (χ4v) is 3.51. The van der Waals surface area contributed by atoms with Crippen molar-refractivity contribution in [2.45, 2.75) is 39.0 Å². The summed E-state index contributed by atoms with van der Waals surface area (Å²) in [7, 11) is 1.64. The lowest BCUT2D eigenvalue weighted by Crippen LogP contribution is -2.29. The van der Waals surface area contributed by atoms with E-state index >= 15 is 0 Å². The third-order valence-electron chi connectivity index (χ3n) is 5.17. The zero-order valence-electron chi connectivity index (χ0n) is 16.9. The van der Waals surface area contributed by atoms with E-state index in [-0.39, 0.29) is 11.3 Å². The van der Waals surface area contributed by atoms with Gasteiger partial charge in [-0.15, -0.1) is 0 Å². The molecular formula is C22H26N4O2. The van der Waals surface area contributed by atoms with Crippen LogP contribution in [0.15, 0.2) is 36.4 Å². The first-order valence-corrected chi connectivity index (χ1v) is 9.72. The molecule has 0 atom stereocenters. The Balaban J connectivity index is 1.90. The maximum absolute atomic E-state index is 13.2. The van der Waals surface area contributed by atoms with Crippen molar-refractivity contribution in [2.75, 3.05) is 20.2 Å². The van der Waals surface area contributed by atoms with Gasteiger partial charge in [-0.3, -0.25) is 4.79 Å². The molecule has 1 aromatic carbocycles. The van der Waals surface area contributed by atoms with Crippen molar-refractivity contribution in [3.63, 3.8) is 0 Å². The van der Waals surface area contributed by atoms with Gasteiger partial charge in [0.1, 0.15) is 11.4 Å². The number of benzene rings is 1. The number of aromatic nitrogens is 3. The van der Waals surface area contributed by atoms with E-state index in [1.165, 1.54) is 0 Å². The SMILES string of the molecule is COc1cccc(-c2cc(C(=O)N3CCCC3)n3nc(C(C)(C)C)cc3n2)c1. The number of nitrogens with zero attached hydrogens (tertiary/aromatic N) is 4. The minimum absolute atomic E-state index is 0.0117. The van der Waals surface area contributed by atoms with Crippen LogP contribution in [0.2, 0.25) is 0 Å². The second-order valence-corrected chi connectivity index (χ2v) is 8.31. The van der Waals surface area contributed by atoms with E-state index in [4.69, 9.17) is 14.8 Å². The van der Waals surface area contributed by atoms with Crippen LogP contribution in [0.3, 0.4) is 0 Å². The summed E-state index contributed by atoms with van der Waals surface area (Å²) in [5, 5.41) is 4.73. The van der Waals surface area contributed by atoms with Crippen LogP contribution in [0.25, 0.3) is 16.9 Å². The first kappa shape index (κ1) is 18.5. The predicted molar refractivity (Wildman–Crippen MR) is 109 cm³/mol. The fourth-order valence-electron chi connectivity index (χ4n) is 3.51. The summed E-state index contributed by atoms with van der Waals surface area (Å²) in [6.07, 6.45) is 2.10. The minimum Gasteiger partial charge on any atom is -0.497 e. The molecule has 0 unspecified atom stereocenters. The summed E-state index contributed by atoms with van der Waals surface area (Å²) in [5.74, 6) is 0.771. The van der Waals surface area contributed by atoms with E-state index in [2.05, 4.69) is 20.8 Å². The highest BCUT2D eigenvalue weighted by molar-refractivity contribution is 5.94. The third kappa shape index (κ3) is 3.35. The number of carbonyl (C=O) groups excluding carboxylic acids is 1. The van der Waals surface area contributed by atoms with Gasteiger partial charge in [-0.25, -0.2) is 9.50 Å². The predicted octanol–water partition coefficient (Wildman–Crippen LogP) is 3.94. The van der Waals surface area contributed by atoms with E-state index in [1.54, 1.807) is 11.6 Å².